The molecule has 2 aromatic heterocycles. The second-order valence-electron chi connectivity index (χ2n) is 4.40. The van der Waals surface area contributed by atoms with Crippen LogP contribution in [0.2, 0.25) is 4.34 Å². The van der Waals surface area contributed by atoms with Crippen LogP contribution in [0.3, 0.4) is 0 Å². The second kappa shape index (κ2) is 6.21. The molecule has 6 heteroatoms. The summed E-state index contributed by atoms with van der Waals surface area (Å²) in [6, 6.07) is 5.70. The number of rotatable bonds is 5. The molecule has 0 unspecified atom stereocenters. The molecule has 0 saturated carbocycles. The summed E-state index contributed by atoms with van der Waals surface area (Å²) in [7, 11) is 0. The number of ether oxygens (including phenoxy) is 1. The van der Waals surface area contributed by atoms with E-state index in [9.17, 15) is 0 Å². The first-order chi connectivity index (χ1) is 9.02. The number of aromatic nitrogens is 2. The number of thiophene rings is 1. The van der Waals surface area contributed by atoms with Gasteiger partial charge in [0, 0.05) is 16.6 Å². The van der Waals surface area contributed by atoms with Gasteiger partial charge in [0.15, 0.2) is 0 Å². The Morgan fingerprint density at radius 2 is 2.16 bits per heavy atom. The van der Waals surface area contributed by atoms with Crippen molar-refractivity contribution >= 4 is 28.9 Å². The van der Waals surface area contributed by atoms with Gasteiger partial charge in [-0.05, 0) is 32.9 Å². The van der Waals surface area contributed by atoms with Gasteiger partial charge in [0.05, 0.1) is 17.0 Å². The molecule has 0 saturated heterocycles. The minimum atomic E-state index is 0.0956. The van der Waals surface area contributed by atoms with E-state index in [4.69, 9.17) is 16.3 Å². The van der Waals surface area contributed by atoms with Gasteiger partial charge in [0.1, 0.15) is 0 Å². The first kappa shape index (κ1) is 14.1. The third kappa shape index (κ3) is 4.36. The molecule has 0 aromatic carbocycles. The van der Waals surface area contributed by atoms with Crippen LogP contribution in [-0.2, 0) is 6.54 Å². The van der Waals surface area contributed by atoms with Crippen LogP contribution in [-0.4, -0.2) is 16.1 Å². The van der Waals surface area contributed by atoms with Gasteiger partial charge in [-0.1, -0.05) is 11.6 Å². The zero-order valence-electron chi connectivity index (χ0n) is 11.1. The maximum Gasteiger partial charge on any atom is 0.226 e. The van der Waals surface area contributed by atoms with Gasteiger partial charge in [-0.2, -0.15) is 4.98 Å². The van der Waals surface area contributed by atoms with Gasteiger partial charge in [0.25, 0.3) is 0 Å². The van der Waals surface area contributed by atoms with Crippen molar-refractivity contribution in [2.75, 3.05) is 5.32 Å². The van der Waals surface area contributed by atoms with Crippen LogP contribution >= 0.6 is 22.9 Å². The predicted octanol–water partition coefficient (Wildman–Crippen LogP) is 3.90. The smallest absolute Gasteiger partial charge is 0.226 e. The number of halogens is 1. The number of hydrogen-bond donors (Lipinski definition) is 1. The van der Waals surface area contributed by atoms with Crippen LogP contribution in [0.15, 0.2) is 18.2 Å². The fourth-order valence-electron chi connectivity index (χ4n) is 1.53. The lowest BCUT2D eigenvalue weighted by molar-refractivity contribution is 0.232. The van der Waals surface area contributed by atoms with Gasteiger partial charge in [0.2, 0.25) is 11.8 Å². The summed E-state index contributed by atoms with van der Waals surface area (Å²) in [6.07, 6.45) is 0.0956. The van der Waals surface area contributed by atoms with E-state index in [0.29, 0.717) is 18.4 Å². The molecule has 2 heterocycles. The van der Waals surface area contributed by atoms with E-state index >= 15 is 0 Å². The molecular formula is C13H16ClN3OS. The fourth-order valence-corrected chi connectivity index (χ4v) is 2.56. The van der Waals surface area contributed by atoms with E-state index in [1.807, 2.05) is 39.0 Å². The van der Waals surface area contributed by atoms with Crippen LogP contribution in [0.5, 0.6) is 5.88 Å². The van der Waals surface area contributed by atoms with Crippen LogP contribution in [0, 0.1) is 6.92 Å². The van der Waals surface area contributed by atoms with Gasteiger partial charge in [-0.25, -0.2) is 4.98 Å². The van der Waals surface area contributed by atoms with E-state index in [0.717, 1.165) is 14.9 Å². The van der Waals surface area contributed by atoms with E-state index in [-0.39, 0.29) is 6.10 Å². The number of nitrogens with zero attached hydrogens (tertiary/aromatic N) is 2. The molecule has 1 N–H and O–H groups in total. The van der Waals surface area contributed by atoms with E-state index in [2.05, 4.69) is 15.3 Å². The molecule has 102 valence electrons. The lowest BCUT2D eigenvalue weighted by Crippen LogP contribution is -2.10. The topological polar surface area (TPSA) is 47.0 Å². The molecule has 2 rings (SSSR count). The lowest BCUT2D eigenvalue weighted by Gasteiger charge is -2.11. The molecule has 0 fully saturated rings. The summed E-state index contributed by atoms with van der Waals surface area (Å²) < 4.78 is 6.37. The number of aryl methyl sites for hydroxylation is 1. The SMILES string of the molecule is Cc1cc(OC(C)C)nc(NCc2ccc(Cl)s2)n1. The summed E-state index contributed by atoms with van der Waals surface area (Å²) >= 11 is 7.43. The Hall–Kier alpha value is -1.33. The minimum absolute atomic E-state index is 0.0956. The zero-order valence-corrected chi connectivity index (χ0v) is 12.7. The Kier molecular flexibility index (Phi) is 4.61. The van der Waals surface area contributed by atoms with Crippen molar-refractivity contribution in [3.8, 4) is 5.88 Å². The van der Waals surface area contributed by atoms with Crippen molar-refractivity contribution in [3.05, 3.63) is 33.1 Å². The Morgan fingerprint density at radius 1 is 1.37 bits per heavy atom. The summed E-state index contributed by atoms with van der Waals surface area (Å²) in [5, 5.41) is 3.18. The Balaban J connectivity index is 2.05. The average Bonchev–Trinajstić information content (AvgIpc) is 2.71. The van der Waals surface area contributed by atoms with Crippen molar-refractivity contribution in [2.24, 2.45) is 0 Å². The van der Waals surface area contributed by atoms with Gasteiger partial charge < -0.3 is 10.1 Å². The predicted molar refractivity (Wildman–Crippen MR) is 79.2 cm³/mol. The van der Waals surface area contributed by atoms with Crippen LogP contribution in [0.1, 0.15) is 24.4 Å². The highest BCUT2D eigenvalue weighted by molar-refractivity contribution is 7.16. The maximum atomic E-state index is 5.89. The molecule has 0 aliphatic rings. The van der Waals surface area contributed by atoms with Crippen molar-refractivity contribution in [2.45, 2.75) is 33.4 Å². The van der Waals surface area contributed by atoms with Crippen LogP contribution in [0.25, 0.3) is 0 Å². The summed E-state index contributed by atoms with van der Waals surface area (Å²) in [5.41, 5.74) is 0.873. The molecule has 0 aliphatic carbocycles. The zero-order chi connectivity index (χ0) is 13.8. The Bertz CT molecular complexity index is 557. The monoisotopic (exact) mass is 297 g/mol. The normalized spacial score (nSPS) is 10.8. The Labute approximate surface area is 121 Å². The molecule has 0 spiro atoms. The largest absolute Gasteiger partial charge is 0.475 e. The molecule has 4 nitrogen and oxygen atoms in total. The molecule has 0 amide bonds. The number of nitrogens with one attached hydrogen (secondary N) is 1. The quantitative estimate of drug-likeness (QED) is 0.909. The van der Waals surface area contributed by atoms with Gasteiger partial charge >= 0.3 is 0 Å². The molecule has 0 bridgehead atoms. The van der Waals surface area contributed by atoms with E-state index in [1.165, 1.54) is 0 Å². The van der Waals surface area contributed by atoms with Crippen LogP contribution in [0.4, 0.5) is 5.95 Å². The van der Waals surface area contributed by atoms with Crippen molar-refractivity contribution in [1.29, 1.82) is 0 Å². The molecule has 2 aromatic rings. The Morgan fingerprint density at radius 3 is 2.79 bits per heavy atom. The standard InChI is InChI=1S/C13H16ClN3OS/c1-8(2)18-12-6-9(3)16-13(17-12)15-7-10-4-5-11(14)19-10/h4-6,8H,7H2,1-3H3,(H,15,16,17). The minimum Gasteiger partial charge on any atom is -0.475 e. The third-order valence-corrected chi connectivity index (χ3v) is 3.47. The molecule has 0 radical (unpaired) electrons. The summed E-state index contributed by atoms with van der Waals surface area (Å²) in [6.45, 7) is 6.51. The van der Waals surface area contributed by atoms with Crippen molar-refractivity contribution in [1.82, 2.24) is 9.97 Å². The number of anilines is 1. The second-order valence-corrected chi connectivity index (χ2v) is 6.20. The average molecular weight is 298 g/mol. The van der Waals surface area contributed by atoms with E-state index < -0.39 is 0 Å². The molecular weight excluding hydrogens is 282 g/mol. The first-order valence-corrected chi connectivity index (χ1v) is 7.23. The molecule has 0 atom stereocenters. The van der Waals surface area contributed by atoms with E-state index in [1.54, 1.807) is 11.3 Å². The first-order valence-electron chi connectivity index (χ1n) is 6.03. The molecule has 0 aliphatic heterocycles. The fraction of sp³-hybridized carbons (Fsp3) is 0.385. The lowest BCUT2D eigenvalue weighted by atomic mass is 10.4. The highest BCUT2D eigenvalue weighted by atomic mass is 35.5. The highest BCUT2D eigenvalue weighted by Crippen LogP contribution is 2.22. The third-order valence-electron chi connectivity index (χ3n) is 2.24. The summed E-state index contributed by atoms with van der Waals surface area (Å²) in [5.74, 6) is 1.16. The number of hydrogen-bond acceptors (Lipinski definition) is 5. The maximum absolute atomic E-state index is 5.89. The van der Waals surface area contributed by atoms with Crippen LogP contribution < -0.4 is 10.1 Å². The van der Waals surface area contributed by atoms with Gasteiger partial charge in [-0.3, -0.25) is 0 Å². The summed E-state index contributed by atoms with van der Waals surface area (Å²) in [4.78, 5) is 9.80. The van der Waals surface area contributed by atoms with Gasteiger partial charge in [-0.15, -0.1) is 11.3 Å². The highest BCUT2D eigenvalue weighted by Gasteiger charge is 2.05. The van der Waals surface area contributed by atoms with Crippen molar-refractivity contribution < 1.29 is 4.74 Å². The molecule has 19 heavy (non-hydrogen) atoms. The van der Waals surface area contributed by atoms with Crippen molar-refractivity contribution in [3.63, 3.8) is 0 Å².